The van der Waals surface area contributed by atoms with Gasteiger partial charge in [-0.3, -0.25) is 9.52 Å². The van der Waals surface area contributed by atoms with Crippen LogP contribution in [0.25, 0.3) is 0 Å². The molecule has 2 aromatic carbocycles. The fourth-order valence-corrected chi connectivity index (χ4v) is 3.35. The Kier molecular flexibility index (Phi) is 4.32. The maximum absolute atomic E-state index is 12.5. The number of sulfonamides is 1. The minimum Gasteiger partial charge on any atom is -0.482 e. The van der Waals surface area contributed by atoms with E-state index in [1.807, 2.05) is 0 Å². The van der Waals surface area contributed by atoms with Crippen LogP contribution in [0.4, 0.5) is 11.4 Å². The first-order valence-electron chi connectivity index (χ1n) is 7.17. The molecule has 0 fully saturated rings. The van der Waals surface area contributed by atoms with Crippen molar-refractivity contribution in [2.75, 3.05) is 23.8 Å². The molecule has 1 aliphatic rings. The van der Waals surface area contributed by atoms with E-state index >= 15 is 0 Å². The smallest absolute Gasteiger partial charge is 0.337 e. The predicted octanol–water partition coefficient (Wildman–Crippen LogP) is 1.60. The van der Waals surface area contributed by atoms with Gasteiger partial charge in [0.25, 0.3) is 15.9 Å². The molecule has 0 unspecified atom stereocenters. The average Bonchev–Trinajstić information content (AvgIpc) is 2.60. The summed E-state index contributed by atoms with van der Waals surface area (Å²) in [5.74, 6) is -0.540. The first-order valence-corrected chi connectivity index (χ1v) is 8.65. The normalized spacial score (nSPS) is 13.2. The van der Waals surface area contributed by atoms with Crippen LogP contribution in [0.3, 0.4) is 0 Å². The van der Waals surface area contributed by atoms with Crippen LogP contribution in [0, 0.1) is 0 Å². The maximum Gasteiger partial charge on any atom is 0.337 e. The molecule has 0 saturated heterocycles. The number of hydrogen-bond donors (Lipinski definition) is 2. The van der Waals surface area contributed by atoms with Crippen molar-refractivity contribution in [1.29, 1.82) is 0 Å². The van der Waals surface area contributed by atoms with Gasteiger partial charge in [-0.1, -0.05) is 6.07 Å². The maximum atomic E-state index is 12.5. The molecular formula is C16H14N2O6S. The second-order valence-electron chi connectivity index (χ2n) is 5.17. The molecule has 1 heterocycles. The van der Waals surface area contributed by atoms with Crippen molar-refractivity contribution in [3.05, 3.63) is 48.0 Å². The van der Waals surface area contributed by atoms with Gasteiger partial charge in [0, 0.05) is 5.69 Å². The predicted molar refractivity (Wildman–Crippen MR) is 89.2 cm³/mol. The zero-order chi connectivity index (χ0) is 18.0. The number of amides is 1. The highest BCUT2D eigenvalue weighted by Gasteiger charge is 2.21. The number of ether oxygens (including phenoxy) is 2. The van der Waals surface area contributed by atoms with E-state index in [1.165, 1.54) is 49.6 Å². The number of nitrogens with one attached hydrogen (secondary N) is 2. The summed E-state index contributed by atoms with van der Waals surface area (Å²) in [5.41, 5.74) is 0.706. The van der Waals surface area contributed by atoms with E-state index in [1.54, 1.807) is 0 Å². The van der Waals surface area contributed by atoms with Crippen LogP contribution < -0.4 is 14.8 Å². The van der Waals surface area contributed by atoms with Crippen molar-refractivity contribution in [3.63, 3.8) is 0 Å². The highest BCUT2D eigenvalue weighted by Crippen LogP contribution is 2.30. The highest BCUT2D eigenvalue weighted by molar-refractivity contribution is 7.92. The summed E-state index contributed by atoms with van der Waals surface area (Å²) in [6.45, 7) is -0.113. The molecule has 130 valence electrons. The third kappa shape index (κ3) is 3.56. The monoisotopic (exact) mass is 362 g/mol. The van der Waals surface area contributed by atoms with E-state index in [0.717, 1.165) is 0 Å². The van der Waals surface area contributed by atoms with Crippen LogP contribution in [-0.2, 0) is 19.6 Å². The summed E-state index contributed by atoms with van der Waals surface area (Å²) in [6.07, 6.45) is 0. The molecule has 0 radical (unpaired) electrons. The summed E-state index contributed by atoms with van der Waals surface area (Å²) < 4.78 is 37.3. The molecule has 0 bridgehead atoms. The van der Waals surface area contributed by atoms with Gasteiger partial charge in [-0.25, -0.2) is 13.2 Å². The number of fused-ring (bicyclic) bond motifs is 1. The molecule has 2 N–H and O–H groups in total. The van der Waals surface area contributed by atoms with E-state index in [-0.39, 0.29) is 34.3 Å². The van der Waals surface area contributed by atoms with E-state index in [2.05, 4.69) is 14.8 Å². The first-order chi connectivity index (χ1) is 11.9. The second kappa shape index (κ2) is 6.44. The van der Waals surface area contributed by atoms with Crippen LogP contribution in [0.1, 0.15) is 10.4 Å². The molecule has 0 spiro atoms. The summed E-state index contributed by atoms with van der Waals surface area (Å²) >= 11 is 0. The van der Waals surface area contributed by atoms with Crippen molar-refractivity contribution >= 4 is 33.3 Å². The van der Waals surface area contributed by atoms with Crippen LogP contribution in [0.15, 0.2) is 47.4 Å². The Morgan fingerprint density at radius 1 is 1.24 bits per heavy atom. The number of methoxy groups -OCH3 is 1. The number of anilines is 2. The van der Waals surface area contributed by atoms with Crippen molar-refractivity contribution in [2.45, 2.75) is 4.90 Å². The van der Waals surface area contributed by atoms with Gasteiger partial charge in [0.2, 0.25) is 0 Å². The molecular weight excluding hydrogens is 348 g/mol. The Balaban J connectivity index is 1.89. The van der Waals surface area contributed by atoms with Gasteiger partial charge in [0.1, 0.15) is 5.75 Å². The molecule has 9 heteroatoms. The van der Waals surface area contributed by atoms with E-state index in [9.17, 15) is 18.0 Å². The van der Waals surface area contributed by atoms with Crippen molar-refractivity contribution in [1.82, 2.24) is 0 Å². The van der Waals surface area contributed by atoms with Gasteiger partial charge in [0.15, 0.2) is 6.61 Å². The van der Waals surface area contributed by atoms with Crippen molar-refractivity contribution in [3.8, 4) is 5.75 Å². The fraction of sp³-hybridized carbons (Fsp3) is 0.125. The van der Waals surface area contributed by atoms with Crippen molar-refractivity contribution < 1.29 is 27.5 Å². The van der Waals surface area contributed by atoms with E-state index in [0.29, 0.717) is 5.75 Å². The lowest BCUT2D eigenvalue weighted by Crippen LogP contribution is -2.25. The SMILES string of the molecule is COC(=O)c1cccc(NS(=O)(=O)c2ccc3c(c2)NC(=O)CO3)c1. The van der Waals surface area contributed by atoms with Gasteiger partial charge >= 0.3 is 5.97 Å². The standard InChI is InChI=1S/C16H14N2O6S/c1-23-16(20)10-3-2-4-11(7-10)18-25(21,22)12-5-6-14-13(8-12)17-15(19)9-24-14/h2-8,18H,9H2,1H3,(H,17,19). The van der Waals surface area contributed by atoms with Gasteiger partial charge in [-0.15, -0.1) is 0 Å². The molecule has 25 heavy (non-hydrogen) atoms. The first kappa shape index (κ1) is 16.8. The Hall–Kier alpha value is -3.07. The number of hydrogen-bond acceptors (Lipinski definition) is 6. The highest BCUT2D eigenvalue weighted by atomic mass is 32.2. The third-order valence-electron chi connectivity index (χ3n) is 3.43. The Morgan fingerprint density at radius 3 is 2.80 bits per heavy atom. The molecule has 0 atom stereocenters. The number of esters is 1. The Morgan fingerprint density at radius 2 is 2.04 bits per heavy atom. The molecule has 0 aromatic heterocycles. The minimum atomic E-state index is -3.92. The zero-order valence-electron chi connectivity index (χ0n) is 13.1. The topological polar surface area (TPSA) is 111 Å². The summed E-state index contributed by atoms with van der Waals surface area (Å²) in [5, 5.41) is 2.55. The number of carbonyl (C=O) groups excluding carboxylic acids is 2. The average molecular weight is 362 g/mol. The largest absolute Gasteiger partial charge is 0.482 e. The number of benzene rings is 2. The van der Waals surface area contributed by atoms with Crippen LogP contribution >= 0.6 is 0 Å². The second-order valence-corrected chi connectivity index (χ2v) is 6.86. The fourth-order valence-electron chi connectivity index (χ4n) is 2.27. The van der Waals surface area contributed by atoms with Crippen LogP contribution in [0.2, 0.25) is 0 Å². The lowest BCUT2D eigenvalue weighted by molar-refractivity contribution is -0.118. The number of rotatable bonds is 4. The van der Waals surface area contributed by atoms with Crippen LogP contribution in [0.5, 0.6) is 5.75 Å². The lowest BCUT2D eigenvalue weighted by Gasteiger charge is -2.18. The van der Waals surface area contributed by atoms with Crippen molar-refractivity contribution in [2.24, 2.45) is 0 Å². The lowest BCUT2D eigenvalue weighted by atomic mass is 10.2. The van der Waals surface area contributed by atoms with E-state index in [4.69, 9.17) is 4.74 Å². The summed E-state index contributed by atoms with van der Waals surface area (Å²) in [6, 6.07) is 10.1. The van der Waals surface area contributed by atoms with Gasteiger partial charge in [0.05, 0.1) is 23.3 Å². The molecule has 0 saturated carbocycles. The quantitative estimate of drug-likeness (QED) is 0.800. The number of carbonyl (C=O) groups is 2. The Labute approximate surface area is 143 Å². The molecule has 0 aliphatic carbocycles. The molecule has 1 amide bonds. The third-order valence-corrected chi connectivity index (χ3v) is 4.81. The summed E-state index contributed by atoms with van der Waals surface area (Å²) in [4.78, 5) is 22.8. The molecule has 1 aliphatic heterocycles. The van der Waals surface area contributed by atoms with Gasteiger partial charge in [-0.2, -0.15) is 0 Å². The Bertz CT molecular complexity index is 955. The minimum absolute atomic E-state index is 0.0551. The molecule has 3 rings (SSSR count). The zero-order valence-corrected chi connectivity index (χ0v) is 13.9. The van der Waals surface area contributed by atoms with E-state index < -0.39 is 16.0 Å². The molecule has 2 aromatic rings. The van der Waals surface area contributed by atoms with Gasteiger partial charge < -0.3 is 14.8 Å². The molecule has 8 nitrogen and oxygen atoms in total. The summed E-state index contributed by atoms with van der Waals surface area (Å²) in [7, 11) is -2.68. The van der Waals surface area contributed by atoms with Crippen LogP contribution in [-0.4, -0.2) is 34.0 Å². The van der Waals surface area contributed by atoms with Gasteiger partial charge in [-0.05, 0) is 36.4 Å².